The minimum absolute atomic E-state index is 0.217. The Kier molecular flexibility index (Phi) is 6.13. The summed E-state index contributed by atoms with van der Waals surface area (Å²) in [5.74, 6) is 6.43. The molecule has 0 aliphatic rings. The van der Waals surface area contributed by atoms with Crippen LogP contribution in [0.1, 0.15) is 13.8 Å². The average molecular weight is 301 g/mol. The largest absolute Gasteiger partial charge is 0.271 e. The van der Waals surface area contributed by atoms with E-state index in [1.807, 2.05) is 12.1 Å². The zero-order valence-electron chi connectivity index (χ0n) is 9.53. The first-order valence-electron chi connectivity index (χ1n) is 5.11. The van der Waals surface area contributed by atoms with Crippen LogP contribution in [0, 0.1) is 0 Å². The molecule has 0 radical (unpaired) electrons. The number of hydrazine groups is 1. The Morgan fingerprint density at radius 2 is 2.31 bits per heavy atom. The molecule has 0 aromatic heterocycles. The highest BCUT2D eigenvalue weighted by atomic mass is 79.9. The summed E-state index contributed by atoms with van der Waals surface area (Å²) in [7, 11) is 0. The predicted molar refractivity (Wildman–Crippen MR) is 75.4 cm³/mol. The van der Waals surface area contributed by atoms with Crippen molar-refractivity contribution in [1.82, 2.24) is 5.43 Å². The summed E-state index contributed by atoms with van der Waals surface area (Å²) >= 11 is 5.25. The second kappa shape index (κ2) is 7.12. The van der Waals surface area contributed by atoms with E-state index in [2.05, 4.69) is 53.4 Å². The van der Waals surface area contributed by atoms with Crippen molar-refractivity contribution in [2.45, 2.75) is 24.8 Å². The van der Waals surface area contributed by atoms with Gasteiger partial charge in [-0.1, -0.05) is 33.6 Å². The fraction of sp³-hybridized carbons (Fsp3) is 0.333. The molecule has 1 rings (SSSR count). The van der Waals surface area contributed by atoms with Crippen molar-refractivity contribution < 1.29 is 0 Å². The van der Waals surface area contributed by atoms with E-state index >= 15 is 0 Å². The number of thioether (sulfide) groups is 1. The van der Waals surface area contributed by atoms with Crippen LogP contribution in [-0.4, -0.2) is 11.8 Å². The lowest BCUT2D eigenvalue weighted by molar-refractivity contribution is 0.673. The number of rotatable bonds is 5. The van der Waals surface area contributed by atoms with Gasteiger partial charge in [0.05, 0.1) is 0 Å². The van der Waals surface area contributed by atoms with Gasteiger partial charge in [0, 0.05) is 21.2 Å². The minimum Gasteiger partial charge on any atom is -0.271 e. The van der Waals surface area contributed by atoms with Gasteiger partial charge >= 0.3 is 0 Å². The van der Waals surface area contributed by atoms with Crippen molar-refractivity contribution in [3.8, 4) is 0 Å². The molecule has 1 aromatic rings. The molecule has 0 fully saturated rings. The van der Waals surface area contributed by atoms with Gasteiger partial charge in [0.1, 0.15) is 0 Å². The van der Waals surface area contributed by atoms with Crippen LogP contribution in [0.3, 0.4) is 0 Å². The average Bonchev–Trinajstić information content (AvgIpc) is 2.24. The highest BCUT2D eigenvalue weighted by molar-refractivity contribution is 9.10. The van der Waals surface area contributed by atoms with Gasteiger partial charge in [0.25, 0.3) is 0 Å². The van der Waals surface area contributed by atoms with E-state index in [4.69, 9.17) is 5.84 Å². The maximum absolute atomic E-state index is 5.50. The summed E-state index contributed by atoms with van der Waals surface area (Å²) in [6.07, 6.45) is 2.14. The van der Waals surface area contributed by atoms with Gasteiger partial charge < -0.3 is 0 Å². The Hall–Kier alpha value is -0.290. The highest BCUT2D eigenvalue weighted by Crippen LogP contribution is 2.22. The van der Waals surface area contributed by atoms with Crippen LogP contribution < -0.4 is 11.3 Å². The van der Waals surface area contributed by atoms with E-state index in [1.54, 1.807) is 11.8 Å². The lowest BCUT2D eigenvalue weighted by Gasteiger charge is -2.11. The SMILES string of the molecule is CC(C)=CC(CSc1cccc(Br)c1)NN. The molecule has 0 saturated carbocycles. The molecule has 1 unspecified atom stereocenters. The molecule has 3 N–H and O–H groups in total. The van der Waals surface area contributed by atoms with Gasteiger partial charge in [0.15, 0.2) is 0 Å². The molecule has 88 valence electrons. The van der Waals surface area contributed by atoms with Gasteiger partial charge in [-0.05, 0) is 32.0 Å². The second-order valence-electron chi connectivity index (χ2n) is 3.79. The molecule has 4 heteroatoms. The second-order valence-corrected chi connectivity index (χ2v) is 5.79. The molecule has 2 nitrogen and oxygen atoms in total. The van der Waals surface area contributed by atoms with Gasteiger partial charge in [-0.15, -0.1) is 11.8 Å². The quantitative estimate of drug-likeness (QED) is 0.379. The van der Waals surface area contributed by atoms with Gasteiger partial charge in [-0.2, -0.15) is 0 Å². The molecular weight excluding hydrogens is 284 g/mol. The third-order valence-electron chi connectivity index (χ3n) is 1.97. The third kappa shape index (κ3) is 5.16. The van der Waals surface area contributed by atoms with Crippen LogP contribution in [-0.2, 0) is 0 Å². The van der Waals surface area contributed by atoms with Crippen molar-refractivity contribution in [1.29, 1.82) is 0 Å². The minimum atomic E-state index is 0.217. The number of hydrogen-bond acceptors (Lipinski definition) is 3. The number of nitrogens with one attached hydrogen (secondary N) is 1. The monoisotopic (exact) mass is 300 g/mol. The highest BCUT2D eigenvalue weighted by Gasteiger charge is 2.03. The van der Waals surface area contributed by atoms with Crippen LogP contribution in [0.2, 0.25) is 0 Å². The number of nitrogens with two attached hydrogens (primary N) is 1. The summed E-state index contributed by atoms with van der Waals surface area (Å²) in [6.45, 7) is 4.15. The van der Waals surface area contributed by atoms with Gasteiger partial charge in [-0.3, -0.25) is 11.3 Å². The Balaban J connectivity index is 2.53. The molecule has 1 aromatic carbocycles. The van der Waals surface area contributed by atoms with Crippen molar-refractivity contribution in [3.63, 3.8) is 0 Å². The molecular formula is C12H17BrN2S. The summed E-state index contributed by atoms with van der Waals surface area (Å²) in [4.78, 5) is 1.25. The predicted octanol–water partition coefficient (Wildman–Crippen LogP) is 3.34. The normalized spacial score (nSPS) is 12.2. The van der Waals surface area contributed by atoms with Crippen molar-refractivity contribution in [2.24, 2.45) is 5.84 Å². The standard InChI is InChI=1S/C12H17BrN2S/c1-9(2)6-11(15-14)8-16-12-5-3-4-10(13)7-12/h3-7,11,15H,8,14H2,1-2H3. The molecule has 0 aliphatic heterocycles. The maximum atomic E-state index is 5.50. The van der Waals surface area contributed by atoms with E-state index in [0.29, 0.717) is 0 Å². The Morgan fingerprint density at radius 3 is 2.88 bits per heavy atom. The lowest BCUT2D eigenvalue weighted by Crippen LogP contribution is -2.35. The number of halogens is 1. The van der Waals surface area contributed by atoms with Gasteiger partial charge in [0.2, 0.25) is 0 Å². The first kappa shape index (κ1) is 13.8. The molecule has 0 aliphatic carbocycles. The van der Waals surface area contributed by atoms with E-state index < -0.39 is 0 Å². The fourth-order valence-corrected chi connectivity index (χ4v) is 2.79. The van der Waals surface area contributed by atoms with Crippen LogP contribution in [0.15, 0.2) is 45.3 Å². The first-order chi connectivity index (χ1) is 7.61. The first-order valence-corrected chi connectivity index (χ1v) is 6.89. The van der Waals surface area contributed by atoms with E-state index in [0.717, 1.165) is 10.2 Å². The smallest absolute Gasteiger partial charge is 0.0486 e. The molecule has 0 saturated heterocycles. The summed E-state index contributed by atoms with van der Waals surface area (Å²) < 4.78 is 1.11. The molecule has 0 amide bonds. The lowest BCUT2D eigenvalue weighted by atomic mass is 10.2. The zero-order chi connectivity index (χ0) is 12.0. The van der Waals surface area contributed by atoms with Crippen LogP contribution in [0.25, 0.3) is 0 Å². The van der Waals surface area contributed by atoms with Crippen molar-refractivity contribution in [2.75, 3.05) is 5.75 Å². The Morgan fingerprint density at radius 1 is 1.56 bits per heavy atom. The van der Waals surface area contributed by atoms with E-state index in [-0.39, 0.29) is 6.04 Å². The van der Waals surface area contributed by atoms with Crippen LogP contribution in [0.4, 0.5) is 0 Å². The zero-order valence-corrected chi connectivity index (χ0v) is 11.9. The fourth-order valence-electron chi connectivity index (χ4n) is 1.29. The van der Waals surface area contributed by atoms with Crippen molar-refractivity contribution >= 4 is 27.7 Å². The van der Waals surface area contributed by atoms with Crippen LogP contribution >= 0.6 is 27.7 Å². The topological polar surface area (TPSA) is 38.0 Å². The van der Waals surface area contributed by atoms with Gasteiger partial charge in [-0.25, -0.2) is 0 Å². The number of benzene rings is 1. The molecule has 0 heterocycles. The Labute approximate surface area is 110 Å². The molecule has 16 heavy (non-hydrogen) atoms. The summed E-state index contributed by atoms with van der Waals surface area (Å²) in [5, 5.41) is 0. The molecule has 0 bridgehead atoms. The van der Waals surface area contributed by atoms with E-state index in [1.165, 1.54) is 10.5 Å². The van der Waals surface area contributed by atoms with Crippen molar-refractivity contribution in [3.05, 3.63) is 40.4 Å². The van der Waals surface area contributed by atoms with E-state index in [9.17, 15) is 0 Å². The summed E-state index contributed by atoms with van der Waals surface area (Å²) in [6, 6.07) is 8.50. The summed E-state index contributed by atoms with van der Waals surface area (Å²) in [5.41, 5.74) is 4.09. The molecule has 1 atom stereocenters. The number of hydrogen-bond donors (Lipinski definition) is 2. The third-order valence-corrected chi connectivity index (χ3v) is 3.58. The Bertz CT molecular complexity index is 362. The molecule has 0 spiro atoms. The van der Waals surface area contributed by atoms with Crippen LogP contribution in [0.5, 0.6) is 0 Å². The number of allylic oxidation sites excluding steroid dienone is 1. The maximum Gasteiger partial charge on any atom is 0.0486 e.